The fourth-order valence-electron chi connectivity index (χ4n) is 2.11. The lowest BCUT2D eigenvalue weighted by Crippen LogP contribution is -2.60. The number of nitrogens with one attached hydrogen (secondary N) is 1. The molecule has 1 amide bonds. The zero-order valence-electron chi connectivity index (χ0n) is 6.68. The van der Waals surface area contributed by atoms with Crippen LogP contribution in [0.4, 0.5) is 0 Å². The van der Waals surface area contributed by atoms with E-state index in [1.165, 1.54) is 0 Å². The van der Waals surface area contributed by atoms with Crippen molar-refractivity contribution in [2.45, 2.75) is 26.3 Å². The molecule has 2 atom stereocenters. The van der Waals surface area contributed by atoms with Crippen molar-refractivity contribution in [1.29, 1.82) is 0 Å². The van der Waals surface area contributed by atoms with Crippen molar-refractivity contribution >= 4 is 11.7 Å². The number of fused-ring (bicyclic) bond motifs is 1. The van der Waals surface area contributed by atoms with Gasteiger partial charge in [-0.25, -0.2) is 0 Å². The zero-order valence-corrected chi connectivity index (χ0v) is 6.68. The van der Waals surface area contributed by atoms with Gasteiger partial charge in [0, 0.05) is 17.8 Å². The summed E-state index contributed by atoms with van der Waals surface area (Å²) in [6.45, 7) is 3.78. The maximum atomic E-state index is 11.3. The van der Waals surface area contributed by atoms with Crippen LogP contribution in [0.1, 0.15) is 20.3 Å². The van der Waals surface area contributed by atoms with Gasteiger partial charge in [-0.2, -0.15) is 0 Å². The van der Waals surface area contributed by atoms with Gasteiger partial charge in [0.05, 0.1) is 6.04 Å². The second-order valence-electron chi connectivity index (χ2n) is 3.94. The molecule has 0 unspecified atom stereocenters. The van der Waals surface area contributed by atoms with Gasteiger partial charge in [-0.15, -0.1) is 0 Å². The van der Waals surface area contributed by atoms with Crippen LogP contribution in [-0.4, -0.2) is 17.7 Å². The third-order valence-electron chi connectivity index (χ3n) is 2.87. The quantitative estimate of drug-likeness (QED) is 0.536. The molecule has 0 radical (unpaired) electrons. The Labute approximate surface area is 65.2 Å². The maximum Gasteiger partial charge on any atom is 0.221 e. The molecular formula is C8H11NO2. The largest absolute Gasteiger partial charge is 0.352 e. The molecule has 2 aliphatic rings. The molecule has 1 N–H and O–H groups in total. The number of carbonyl (C=O) groups is 2. The second-order valence-corrected chi connectivity index (χ2v) is 3.94. The van der Waals surface area contributed by atoms with Crippen LogP contribution in [0.5, 0.6) is 0 Å². The molecule has 2 fully saturated rings. The molecule has 1 heterocycles. The van der Waals surface area contributed by atoms with E-state index in [0.717, 1.165) is 0 Å². The highest BCUT2D eigenvalue weighted by atomic mass is 16.2. The van der Waals surface area contributed by atoms with Gasteiger partial charge < -0.3 is 5.32 Å². The van der Waals surface area contributed by atoms with Crippen molar-refractivity contribution in [2.24, 2.45) is 11.3 Å². The Bertz CT molecular complexity index is 244. The fraction of sp³-hybridized carbons (Fsp3) is 0.750. The summed E-state index contributed by atoms with van der Waals surface area (Å²) in [6.07, 6.45) is 0.410. The fourth-order valence-corrected chi connectivity index (χ4v) is 2.11. The van der Waals surface area contributed by atoms with Crippen molar-refractivity contribution in [3.8, 4) is 0 Å². The molecule has 0 spiro atoms. The average molecular weight is 153 g/mol. The summed E-state index contributed by atoms with van der Waals surface area (Å²) in [7, 11) is 0. The topological polar surface area (TPSA) is 46.2 Å². The molecule has 1 saturated carbocycles. The molecule has 11 heavy (non-hydrogen) atoms. The molecule has 3 heteroatoms. The van der Waals surface area contributed by atoms with E-state index in [1.54, 1.807) is 0 Å². The number of hydrogen-bond donors (Lipinski definition) is 1. The first-order chi connectivity index (χ1) is 5.03. The Kier molecular flexibility index (Phi) is 1.03. The Morgan fingerprint density at radius 1 is 1.45 bits per heavy atom. The molecule has 3 nitrogen and oxygen atoms in total. The van der Waals surface area contributed by atoms with Gasteiger partial charge in [-0.3, -0.25) is 9.59 Å². The molecule has 1 aliphatic carbocycles. The maximum absolute atomic E-state index is 11.3. The highest BCUT2D eigenvalue weighted by Gasteiger charge is 2.59. The number of hydrogen-bond acceptors (Lipinski definition) is 2. The van der Waals surface area contributed by atoms with E-state index in [1.807, 2.05) is 13.8 Å². The van der Waals surface area contributed by atoms with Gasteiger partial charge in [0.1, 0.15) is 5.78 Å². The van der Waals surface area contributed by atoms with Crippen molar-refractivity contribution in [3.63, 3.8) is 0 Å². The summed E-state index contributed by atoms with van der Waals surface area (Å²) in [5.41, 5.74) is -0.309. The first-order valence-electron chi connectivity index (χ1n) is 3.87. The predicted octanol–water partition coefficient (Wildman–Crippen LogP) is 0.1000. The van der Waals surface area contributed by atoms with Gasteiger partial charge in [0.15, 0.2) is 0 Å². The Morgan fingerprint density at radius 2 is 2.09 bits per heavy atom. The number of Topliss-reactive ketones (excluding diaryl/α,β-unsaturated/α-hetero) is 1. The lowest BCUT2D eigenvalue weighted by Gasteiger charge is -2.44. The smallest absolute Gasteiger partial charge is 0.221 e. The summed E-state index contributed by atoms with van der Waals surface area (Å²) >= 11 is 0. The lowest BCUT2D eigenvalue weighted by molar-refractivity contribution is -0.145. The van der Waals surface area contributed by atoms with E-state index in [2.05, 4.69) is 5.32 Å². The molecule has 0 aromatic carbocycles. The van der Waals surface area contributed by atoms with E-state index in [4.69, 9.17) is 0 Å². The monoisotopic (exact) mass is 153 g/mol. The Hall–Kier alpha value is -0.860. The van der Waals surface area contributed by atoms with Gasteiger partial charge in [-0.1, -0.05) is 13.8 Å². The molecule has 1 saturated heterocycles. The Balaban J connectivity index is 2.26. The van der Waals surface area contributed by atoms with Crippen LogP contribution in [0.25, 0.3) is 0 Å². The minimum atomic E-state index is -0.309. The van der Waals surface area contributed by atoms with Gasteiger partial charge >= 0.3 is 0 Å². The summed E-state index contributed by atoms with van der Waals surface area (Å²) < 4.78 is 0. The molecule has 0 bridgehead atoms. The zero-order chi connectivity index (χ0) is 8.22. The van der Waals surface area contributed by atoms with E-state index >= 15 is 0 Å². The van der Waals surface area contributed by atoms with Crippen LogP contribution in [0.3, 0.4) is 0 Å². The average Bonchev–Trinajstić information content (AvgIpc) is 2.29. The molecule has 0 aromatic heterocycles. The normalized spacial score (nSPS) is 39.5. The molecule has 2 rings (SSSR count). The minimum Gasteiger partial charge on any atom is -0.352 e. The van der Waals surface area contributed by atoms with Crippen molar-refractivity contribution in [3.05, 3.63) is 0 Å². The van der Waals surface area contributed by atoms with Crippen LogP contribution in [-0.2, 0) is 9.59 Å². The van der Waals surface area contributed by atoms with E-state index < -0.39 is 0 Å². The third kappa shape index (κ3) is 0.633. The summed E-state index contributed by atoms with van der Waals surface area (Å²) in [4.78, 5) is 22.2. The number of rotatable bonds is 0. The van der Waals surface area contributed by atoms with Crippen LogP contribution < -0.4 is 5.32 Å². The number of ketones is 1. The predicted molar refractivity (Wildman–Crippen MR) is 38.8 cm³/mol. The molecule has 60 valence electrons. The van der Waals surface area contributed by atoms with Crippen molar-refractivity contribution < 1.29 is 9.59 Å². The summed E-state index contributed by atoms with van der Waals surface area (Å²) in [5, 5.41) is 2.81. The lowest BCUT2D eigenvalue weighted by atomic mass is 9.59. The first-order valence-corrected chi connectivity index (χ1v) is 3.87. The van der Waals surface area contributed by atoms with Crippen LogP contribution in [0.15, 0.2) is 0 Å². The SMILES string of the molecule is CC1(C)C(=O)[C@H]2CC(=O)N[C@H]21. The van der Waals surface area contributed by atoms with Crippen LogP contribution in [0, 0.1) is 11.3 Å². The molecule has 1 aliphatic heterocycles. The third-order valence-corrected chi connectivity index (χ3v) is 2.87. The first kappa shape index (κ1) is 6.83. The van der Waals surface area contributed by atoms with E-state index in [0.29, 0.717) is 6.42 Å². The van der Waals surface area contributed by atoms with Gasteiger partial charge in [0.25, 0.3) is 0 Å². The number of carbonyl (C=O) groups excluding carboxylic acids is 2. The second kappa shape index (κ2) is 1.65. The van der Waals surface area contributed by atoms with E-state index in [9.17, 15) is 9.59 Å². The number of amides is 1. The Morgan fingerprint density at radius 3 is 2.64 bits per heavy atom. The highest BCUT2D eigenvalue weighted by molar-refractivity contribution is 6.01. The van der Waals surface area contributed by atoms with Gasteiger partial charge in [-0.05, 0) is 0 Å². The van der Waals surface area contributed by atoms with Gasteiger partial charge in [0.2, 0.25) is 5.91 Å². The summed E-state index contributed by atoms with van der Waals surface area (Å²) in [6, 6.07) is 0.113. The van der Waals surface area contributed by atoms with Crippen LogP contribution in [0.2, 0.25) is 0 Å². The van der Waals surface area contributed by atoms with Crippen molar-refractivity contribution in [1.82, 2.24) is 5.32 Å². The van der Waals surface area contributed by atoms with E-state index in [-0.39, 0.29) is 29.1 Å². The van der Waals surface area contributed by atoms with Crippen LogP contribution >= 0.6 is 0 Å². The molecular weight excluding hydrogens is 142 g/mol. The standard InChI is InChI=1S/C8H11NO2/c1-8(2)6-4(7(8)11)3-5(10)9-6/h4,6H,3H2,1-2H3,(H,9,10)/t4-,6+/m0/s1. The minimum absolute atomic E-state index is 0.0162. The summed E-state index contributed by atoms with van der Waals surface area (Å²) in [5.74, 6) is 0.247. The highest BCUT2D eigenvalue weighted by Crippen LogP contribution is 2.45. The molecule has 0 aromatic rings. The van der Waals surface area contributed by atoms with Crippen molar-refractivity contribution in [2.75, 3.05) is 0 Å².